The van der Waals surface area contributed by atoms with E-state index < -0.39 is 21.9 Å². The summed E-state index contributed by atoms with van der Waals surface area (Å²) in [7, 11) is -3.60. The zero-order chi connectivity index (χ0) is 25.3. The fourth-order valence-corrected chi connectivity index (χ4v) is 6.76. The van der Waals surface area contributed by atoms with Gasteiger partial charge >= 0.3 is 5.97 Å². The molecule has 1 saturated heterocycles. The molecule has 1 fully saturated rings. The fourth-order valence-electron chi connectivity index (χ4n) is 4.21. The number of esters is 1. The molecule has 0 spiro atoms. The topological polar surface area (TPSA) is 117 Å². The molecule has 2 aliphatic heterocycles. The summed E-state index contributed by atoms with van der Waals surface area (Å²) in [4.78, 5) is 30.0. The minimum atomic E-state index is -3.60. The lowest BCUT2D eigenvalue weighted by atomic mass is 10.2. The molecule has 5 rings (SSSR count). The van der Waals surface area contributed by atoms with E-state index in [0.29, 0.717) is 34.9 Å². The van der Waals surface area contributed by atoms with Crippen LogP contribution in [-0.2, 0) is 26.1 Å². The molecule has 3 heterocycles. The summed E-state index contributed by atoms with van der Waals surface area (Å²) in [6.45, 7) is 2.94. The minimum Gasteiger partial charge on any atom is -0.465 e. The molecule has 10 nitrogen and oxygen atoms in total. The quantitative estimate of drug-likeness (QED) is 0.449. The first-order valence-corrected chi connectivity index (χ1v) is 13.9. The van der Waals surface area contributed by atoms with Crippen LogP contribution in [0.4, 0.5) is 0 Å². The van der Waals surface area contributed by atoms with Gasteiger partial charge in [-0.2, -0.15) is 9.30 Å². The smallest absolute Gasteiger partial charge is 0.326 e. The maximum atomic E-state index is 13.0. The van der Waals surface area contributed by atoms with E-state index in [-0.39, 0.29) is 30.4 Å². The highest BCUT2D eigenvalue weighted by molar-refractivity contribution is 7.89. The highest BCUT2D eigenvalue weighted by Crippen LogP contribution is 2.37. The molecule has 0 atom stereocenters. The van der Waals surface area contributed by atoms with Crippen molar-refractivity contribution < 1.29 is 32.2 Å². The Bertz CT molecular complexity index is 1480. The van der Waals surface area contributed by atoms with Gasteiger partial charge < -0.3 is 18.8 Å². The van der Waals surface area contributed by atoms with Gasteiger partial charge in [-0.05, 0) is 44.0 Å². The van der Waals surface area contributed by atoms with Crippen molar-refractivity contribution in [2.24, 2.45) is 4.99 Å². The van der Waals surface area contributed by atoms with Crippen molar-refractivity contribution in [2.75, 3.05) is 26.5 Å². The second kappa shape index (κ2) is 10.0. The highest BCUT2D eigenvalue weighted by Gasteiger charge is 2.26. The molecule has 0 radical (unpaired) electrons. The first-order valence-electron chi connectivity index (χ1n) is 11.6. The molecule has 0 aliphatic carbocycles. The molecule has 2 aliphatic rings. The van der Waals surface area contributed by atoms with E-state index in [1.165, 1.54) is 39.9 Å². The van der Waals surface area contributed by atoms with Crippen LogP contribution in [0.1, 0.15) is 36.5 Å². The average Bonchev–Trinajstić information content (AvgIpc) is 3.47. The molecule has 0 saturated carbocycles. The van der Waals surface area contributed by atoms with E-state index in [1.54, 1.807) is 23.6 Å². The van der Waals surface area contributed by atoms with Crippen molar-refractivity contribution in [3.05, 3.63) is 46.8 Å². The van der Waals surface area contributed by atoms with Crippen LogP contribution < -0.4 is 14.3 Å². The summed E-state index contributed by atoms with van der Waals surface area (Å²) in [5, 5.41) is 0. The first kappa shape index (κ1) is 24.5. The largest absolute Gasteiger partial charge is 0.465 e. The lowest BCUT2D eigenvalue weighted by molar-refractivity contribution is -0.143. The monoisotopic (exact) mass is 531 g/mol. The number of rotatable bonds is 6. The Balaban J connectivity index is 1.48. The second-order valence-corrected chi connectivity index (χ2v) is 11.3. The minimum absolute atomic E-state index is 0.115. The molecular formula is C24H25N3O7S2. The number of carbonyl (C=O) groups excluding carboxylic acids is 2. The third kappa shape index (κ3) is 4.75. The Labute approximate surface area is 211 Å². The van der Waals surface area contributed by atoms with Gasteiger partial charge in [0.15, 0.2) is 16.3 Å². The fraction of sp³-hybridized carbons (Fsp3) is 0.375. The van der Waals surface area contributed by atoms with Crippen molar-refractivity contribution in [3.63, 3.8) is 0 Å². The van der Waals surface area contributed by atoms with E-state index in [4.69, 9.17) is 14.2 Å². The number of piperidine rings is 1. The van der Waals surface area contributed by atoms with Crippen molar-refractivity contribution >= 4 is 43.5 Å². The molecule has 12 heteroatoms. The SMILES string of the molecule is CCOC(=O)Cn1c(=NC(=O)c2ccc(S(=O)(=O)N3CCCCC3)cc2)sc2cc3c(cc21)OCO3. The van der Waals surface area contributed by atoms with Gasteiger partial charge in [0.25, 0.3) is 5.91 Å². The number of carbonyl (C=O) groups is 2. The van der Waals surface area contributed by atoms with Crippen molar-refractivity contribution in [3.8, 4) is 11.5 Å². The molecule has 1 amide bonds. The van der Waals surface area contributed by atoms with Crippen LogP contribution in [0.2, 0.25) is 0 Å². The Morgan fingerprint density at radius 1 is 1.06 bits per heavy atom. The highest BCUT2D eigenvalue weighted by atomic mass is 32.2. The van der Waals surface area contributed by atoms with Crippen LogP contribution in [-0.4, -0.2) is 55.7 Å². The lowest BCUT2D eigenvalue weighted by Gasteiger charge is -2.25. The predicted octanol–water partition coefficient (Wildman–Crippen LogP) is 2.91. The molecule has 0 bridgehead atoms. The van der Waals surface area contributed by atoms with Gasteiger partial charge in [-0.3, -0.25) is 9.59 Å². The first-order chi connectivity index (χ1) is 17.4. The van der Waals surface area contributed by atoms with E-state index in [0.717, 1.165) is 24.0 Å². The van der Waals surface area contributed by atoms with Crippen LogP contribution in [0.3, 0.4) is 0 Å². The normalized spacial score (nSPS) is 16.4. The van der Waals surface area contributed by atoms with Crippen molar-refractivity contribution in [1.82, 2.24) is 8.87 Å². The van der Waals surface area contributed by atoms with Gasteiger partial charge in [0, 0.05) is 30.8 Å². The number of amides is 1. The summed E-state index contributed by atoms with van der Waals surface area (Å²) in [6, 6.07) is 9.32. The van der Waals surface area contributed by atoms with Crippen LogP contribution in [0.15, 0.2) is 46.3 Å². The van der Waals surface area contributed by atoms with E-state index >= 15 is 0 Å². The second-order valence-electron chi connectivity index (χ2n) is 8.36. The van der Waals surface area contributed by atoms with E-state index in [9.17, 15) is 18.0 Å². The number of fused-ring (bicyclic) bond motifs is 2. The van der Waals surface area contributed by atoms with Crippen LogP contribution >= 0.6 is 11.3 Å². The van der Waals surface area contributed by atoms with Gasteiger partial charge in [0.05, 0.1) is 21.7 Å². The Morgan fingerprint density at radius 2 is 1.75 bits per heavy atom. The van der Waals surface area contributed by atoms with Gasteiger partial charge in [0.1, 0.15) is 6.54 Å². The number of sulfonamides is 1. The summed E-state index contributed by atoms with van der Waals surface area (Å²) in [5.74, 6) is 0.105. The summed E-state index contributed by atoms with van der Waals surface area (Å²) < 4.78 is 45.6. The molecule has 190 valence electrons. The standard InChI is InChI=1S/C24H25N3O7S2/c1-2-32-22(28)14-27-18-12-19-20(34-15-33-19)13-21(18)35-24(27)25-23(29)16-6-8-17(9-7-16)36(30,31)26-10-4-3-5-11-26/h6-9,12-13H,2-5,10-11,14-15H2,1H3. The summed E-state index contributed by atoms with van der Waals surface area (Å²) >= 11 is 1.23. The van der Waals surface area contributed by atoms with Gasteiger partial charge in [-0.25, -0.2) is 8.42 Å². The number of thiazole rings is 1. The third-order valence-corrected chi connectivity index (χ3v) is 8.97. The molecule has 0 unspecified atom stereocenters. The zero-order valence-electron chi connectivity index (χ0n) is 19.6. The Morgan fingerprint density at radius 3 is 2.44 bits per heavy atom. The number of hydrogen-bond donors (Lipinski definition) is 0. The van der Waals surface area contributed by atoms with Crippen molar-refractivity contribution in [2.45, 2.75) is 37.6 Å². The van der Waals surface area contributed by atoms with E-state index in [2.05, 4.69) is 4.99 Å². The molecule has 36 heavy (non-hydrogen) atoms. The Hall–Kier alpha value is -3.22. The number of hydrogen-bond acceptors (Lipinski definition) is 8. The Kier molecular flexibility index (Phi) is 6.82. The van der Waals surface area contributed by atoms with Crippen LogP contribution in [0, 0.1) is 0 Å². The van der Waals surface area contributed by atoms with Gasteiger partial charge in [-0.15, -0.1) is 0 Å². The zero-order valence-corrected chi connectivity index (χ0v) is 21.3. The number of aromatic nitrogens is 1. The number of nitrogens with zero attached hydrogens (tertiary/aromatic N) is 3. The maximum Gasteiger partial charge on any atom is 0.326 e. The van der Waals surface area contributed by atoms with E-state index in [1.807, 2.05) is 0 Å². The molecular weight excluding hydrogens is 506 g/mol. The van der Waals surface area contributed by atoms with Crippen LogP contribution in [0.25, 0.3) is 10.2 Å². The molecule has 3 aromatic rings. The van der Waals surface area contributed by atoms with Crippen LogP contribution in [0.5, 0.6) is 11.5 Å². The van der Waals surface area contributed by atoms with Gasteiger partial charge in [0.2, 0.25) is 16.8 Å². The molecule has 0 N–H and O–H groups in total. The lowest BCUT2D eigenvalue weighted by Crippen LogP contribution is -2.35. The summed E-state index contributed by atoms with van der Waals surface area (Å²) in [5.41, 5.74) is 0.897. The molecule has 2 aromatic carbocycles. The summed E-state index contributed by atoms with van der Waals surface area (Å²) in [6.07, 6.45) is 2.71. The third-order valence-electron chi connectivity index (χ3n) is 6.02. The predicted molar refractivity (Wildman–Crippen MR) is 132 cm³/mol. The maximum absolute atomic E-state index is 13.0. The molecule has 1 aromatic heterocycles. The average molecular weight is 532 g/mol. The van der Waals surface area contributed by atoms with Crippen molar-refractivity contribution in [1.29, 1.82) is 0 Å². The van der Waals surface area contributed by atoms with Gasteiger partial charge in [-0.1, -0.05) is 17.8 Å². The number of ether oxygens (including phenoxy) is 3. The number of benzene rings is 2.